The summed E-state index contributed by atoms with van der Waals surface area (Å²) in [6.45, 7) is 4.17. The van der Waals surface area contributed by atoms with E-state index in [1.807, 2.05) is 0 Å². The van der Waals surface area contributed by atoms with Gasteiger partial charge in [0.25, 0.3) is 0 Å². The molecule has 0 aromatic heterocycles. The highest BCUT2D eigenvalue weighted by atomic mass is 32.1. The van der Waals surface area contributed by atoms with Gasteiger partial charge in [-0.2, -0.15) is 0 Å². The van der Waals surface area contributed by atoms with Gasteiger partial charge in [0.05, 0.1) is 0 Å². The lowest BCUT2D eigenvalue weighted by Gasteiger charge is -1.93. The van der Waals surface area contributed by atoms with E-state index in [1.165, 1.54) is 0 Å². The topological polar surface area (TPSA) is 24.1 Å². The van der Waals surface area contributed by atoms with Crippen LogP contribution in [0.25, 0.3) is 0 Å². The van der Waals surface area contributed by atoms with E-state index in [1.54, 1.807) is 6.08 Å². The number of hydrogen-bond donors (Lipinski definition) is 2. The van der Waals surface area contributed by atoms with Crippen molar-refractivity contribution < 1.29 is 0 Å². The fraction of sp³-hybridized carbons (Fsp3) is 0.250. The van der Waals surface area contributed by atoms with Gasteiger partial charge in [-0.3, -0.25) is 0 Å². The van der Waals surface area contributed by atoms with Crippen molar-refractivity contribution in [2.45, 2.75) is 0 Å². The van der Waals surface area contributed by atoms with Crippen molar-refractivity contribution in [3.8, 4) is 0 Å². The van der Waals surface area contributed by atoms with Gasteiger partial charge < -0.3 is 5.43 Å². The average Bonchev–Trinajstić information content (AvgIpc) is 1.69. The fourth-order valence-electron chi connectivity index (χ4n) is 0.159. The first-order valence-corrected chi connectivity index (χ1v) is 2.28. The lowest BCUT2D eigenvalue weighted by atomic mass is 10.7. The third-order valence-corrected chi connectivity index (χ3v) is 0.488. The first-order chi connectivity index (χ1) is 3.41. The Bertz CT molecular complexity index is 54.7. The molecule has 0 rings (SSSR count). The number of rotatable bonds is 4. The normalized spacial score (nSPS) is 7.43. The molecule has 0 aliphatic rings. The van der Waals surface area contributed by atoms with Crippen LogP contribution in [0.5, 0.6) is 0 Å². The first-order valence-electron chi connectivity index (χ1n) is 1.87. The number of hydrogen-bond acceptors (Lipinski definition) is 2. The molecule has 7 heavy (non-hydrogen) atoms. The Morgan fingerprint density at radius 2 is 2.57 bits per heavy atom. The molecule has 0 saturated heterocycles. The smallest absolute Gasteiger partial charge is 0.149 e. The SMILES string of the molecule is C=CCNN[C]=S. The summed E-state index contributed by atoms with van der Waals surface area (Å²) < 4.78 is 0. The van der Waals surface area contributed by atoms with Crippen molar-refractivity contribution in [3.05, 3.63) is 12.7 Å². The standard InChI is InChI=1S/C4H7N2S/c1-2-3-5-6-4-7/h2,5H,1,3H2,(H,6,7). The van der Waals surface area contributed by atoms with Gasteiger partial charge in [0.2, 0.25) is 0 Å². The Balaban J connectivity index is 2.68. The van der Waals surface area contributed by atoms with Crippen molar-refractivity contribution in [1.82, 2.24) is 10.9 Å². The molecule has 0 fully saturated rings. The molecule has 0 unspecified atom stereocenters. The van der Waals surface area contributed by atoms with Crippen LogP contribution < -0.4 is 10.9 Å². The number of thiocarbonyl (C=S) groups is 1. The Morgan fingerprint density at radius 1 is 1.86 bits per heavy atom. The summed E-state index contributed by atoms with van der Waals surface area (Å²) in [6.07, 6.45) is 1.72. The van der Waals surface area contributed by atoms with E-state index in [2.05, 4.69) is 35.1 Å². The maximum absolute atomic E-state index is 4.31. The Kier molecular flexibility index (Phi) is 5.26. The molecule has 0 bridgehead atoms. The fourth-order valence-corrected chi connectivity index (χ4v) is 0.231. The van der Waals surface area contributed by atoms with Crippen LogP contribution in [0.3, 0.4) is 0 Å². The van der Waals surface area contributed by atoms with Crippen LogP contribution in [0.2, 0.25) is 0 Å². The molecule has 0 heterocycles. The van der Waals surface area contributed by atoms with Gasteiger partial charge in [0, 0.05) is 6.54 Å². The molecule has 39 valence electrons. The van der Waals surface area contributed by atoms with E-state index in [0.29, 0.717) is 6.54 Å². The van der Waals surface area contributed by atoms with Crippen LogP contribution in [0.4, 0.5) is 0 Å². The molecular formula is C4H7N2S. The number of nitrogens with one attached hydrogen (secondary N) is 2. The predicted octanol–water partition coefficient (Wildman–Crippen LogP) is 0.101. The van der Waals surface area contributed by atoms with Gasteiger partial charge in [-0.05, 0) is 0 Å². The van der Waals surface area contributed by atoms with Gasteiger partial charge in [-0.25, -0.2) is 5.43 Å². The molecule has 0 aliphatic heterocycles. The monoisotopic (exact) mass is 115 g/mol. The van der Waals surface area contributed by atoms with Crippen LogP contribution in [0, 0.1) is 0 Å². The van der Waals surface area contributed by atoms with Crippen LogP contribution >= 0.6 is 12.2 Å². The maximum Gasteiger partial charge on any atom is 0.149 e. The van der Waals surface area contributed by atoms with E-state index in [9.17, 15) is 0 Å². The summed E-state index contributed by atoms with van der Waals surface area (Å²) in [7, 11) is 0. The summed E-state index contributed by atoms with van der Waals surface area (Å²) in [6, 6.07) is 0. The second-order valence-electron chi connectivity index (χ2n) is 0.897. The highest BCUT2D eigenvalue weighted by Crippen LogP contribution is 1.50. The molecule has 2 nitrogen and oxygen atoms in total. The molecular weight excluding hydrogens is 108 g/mol. The average molecular weight is 115 g/mol. The third-order valence-electron chi connectivity index (χ3n) is 0.386. The van der Waals surface area contributed by atoms with Crippen molar-refractivity contribution in [1.29, 1.82) is 0 Å². The maximum atomic E-state index is 4.31. The highest BCUT2D eigenvalue weighted by molar-refractivity contribution is 7.78. The minimum absolute atomic E-state index is 0.698. The van der Waals surface area contributed by atoms with E-state index < -0.39 is 0 Å². The molecule has 3 heteroatoms. The van der Waals surface area contributed by atoms with Crippen LogP contribution in [-0.2, 0) is 0 Å². The zero-order valence-corrected chi connectivity index (χ0v) is 4.72. The largest absolute Gasteiger partial charge is 0.309 e. The Labute approximate surface area is 48.6 Å². The van der Waals surface area contributed by atoms with Gasteiger partial charge in [0.1, 0.15) is 5.49 Å². The van der Waals surface area contributed by atoms with E-state index in [0.717, 1.165) is 0 Å². The highest BCUT2D eigenvalue weighted by Gasteiger charge is 1.67. The van der Waals surface area contributed by atoms with E-state index >= 15 is 0 Å². The van der Waals surface area contributed by atoms with Crippen molar-refractivity contribution in [2.24, 2.45) is 0 Å². The van der Waals surface area contributed by atoms with Gasteiger partial charge in [-0.1, -0.05) is 18.3 Å². The minimum Gasteiger partial charge on any atom is -0.309 e. The van der Waals surface area contributed by atoms with Crippen molar-refractivity contribution in [2.75, 3.05) is 6.54 Å². The molecule has 0 aliphatic carbocycles. The van der Waals surface area contributed by atoms with Crippen LogP contribution in [-0.4, -0.2) is 12.0 Å². The molecule has 0 spiro atoms. The summed E-state index contributed by atoms with van der Waals surface area (Å²) >= 11 is 4.31. The second-order valence-corrected chi connectivity index (χ2v) is 1.10. The van der Waals surface area contributed by atoms with Gasteiger partial charge >= 0.3 is 0 Å². The molecule has 2 N–H and O–H groups in total. The van der Waals surface area contributed by atoms with E-state index in [-0.39, 0.29) is 0 Å². The molecule has 0 atom stereocenters. The third kappa shape index (κ3) is 5.59. The molecule has 0 saturated carbocycles. The molecule has 0 amide bonds. The number of hydrazine groups is 1. The van der Waals surface area contributed by atoms with Gasteiger partial charge in [0.15, 0.2) is 0 Å². The molecule has 0 aromatic carbocycles. The zero-order chi connectivity index (χ0) is 5.54. The van der Waals surface area contributed by atoms with Crippen molar-refractivity contribution in [3.63, 3.8) is 0 Å². The van der Waals surface area contributed by atoms with Crippen LogP contribution in [0.1, 0.15) is 0 Å². The molecule has 1 radical (unpaired) electrons. The lowest BCUT2D eigenvalue weighted by molar-refractivity contribution is 0.732. The summed E-state index contributed by atoms with van der Waals surface area (Å²) in [4.78, 5) is 0. The Morgan fingerprint density at radius 3 is 3.00 bits per heavy atom. The minimum atomic E-state index is 0.698. The quantitative estimate of drug-likeness (QED) is 0.179. The summed E-state index contributed by atoms with van der Waals surface area (Å²) in [5.41, 5.74) is 7.47. The zero-order valence-electron chi connectivity index (χ0n) is 3.90. The van der Waals surface area contributed by atoms with Gasteiger partial charge in [-0.15, -0.1) is 6.58 Å². The van der Waals surface area contributed by atoms with Crippen molar-refractivity contribution >= 4 is 17.7 Å². The summed E-state index contributed by atoms with van der Waals surface area (Å²) in [5.74, 6) is 0. The first kappa shape index (κ1) is 6.59. The summed E-state index contributed by atoms with van der Waals surface area (Å²) in [5, 5.41) is 0. The van der Waals surface area contributed by atoms with E-state index in [4.69, 9.17) is 0 Å². The van der Waals surface area contributed by atoms with Crippen LogP contribution in [0.15, 0.2) is 12.7 Å². The predicted molar refractivity (Wildman–Crippen MR) is 33.9 cm³/mol. The lowest BCUT2D eigenvalue weighted by Crippen LogP contribution is -2.29. The molecule has 0 aromatic rings. The second kappa shape index (κ2) is 5.59. The Hall–Kier alpha value is -0.410.